The Bertz CT molecular complexity index is 805. The van der Waals surface area contributed by atoms with E-state index in [4.69, 9.17) is 9.47 Å². The largest absolute Gasteiger partial charge is 0.497 e. The highest BCUT2D eigenvalue weighted by Crippen LogP contribution is 2.26. The standard InChI is InChI=1S/C21H25N3O4/c1-3-28-19-8-4-16(5-9-19)23-21(26)22-13-15-12-20(25)24(14-15)17-6-10-18(27-2)11-7-17/h4-11,15H,3,12-14H2,1-2H3,(H2,22,23,26)/t15-/m1/s1. The molecule has 1 saturated heterocycles. The molecule has 0 radical (unpaired) electrons. The van der Waals surface area contributed by atoms with Gasteiger partial charge in [0, 0.05) is 36.8 Å². The zero-order valence-corrected chi connectivity index (χ0v) is 16.1. The lowest BCUT2D eigenvalue weighted by atomic mass is 10.1. The zero-order valence-electron chi connectivity index (χ0n) is 16.1. The molecule has 0 aliphatic carbocycles. The summed E-state index contributed by atoms with van der Waals surface area (Å²) in [6.45, 7) is 3.53. The Labute approximate surface area is 164 Å². The molecule has 3 amide bonds. The summed E-state index contributed by atoms with van der Waals surface area (Å²) in [5.41, 5.74) is 1.52. The maximum absolute atomic E-state index is 12.3. The maximum Gasteiger partial charge on any atom is 0.319 e. The molecular formula is C21H25N3O4. The number of methoxy groups -OCH3 is 1. The summed E-state index contributed by atoms with van der Waals surface area (Å²) >= 11 is 0. The van der Waals surface area contributed by atoms with Crippen molar-refractivity contribution in [3.05, 3.63) is 48.5 Å². The van der Waals surface area contributed by atoms with Crippen molar-refractivity contribution in [3.63, 3.8) is 0 Å². The molecule has 1 heterocycles. The number of ether oxygens (including phenoxy) is 2. The normalized spacial score (nSPS) is 16.0. The fourth-order valence-electron chi connectivity index (χ4n) is 3.14. The first-order chi connectivity index (χ1) is 13.6. The third-order valence-corrected chi connectivity index (χ3v) is 4.56. The number of hydrogen-bond acceptors (Lipinski definition) is 4. The zero-order chi connectivity index (χ0) is 19.9. The van der Waals surface area contributed by atoms with Crippen molar-refractivity contribution < 1.29 is 19.1 Å². The lowest BCUT2D eigenvalue weighted by molar-refractivity contribution is -0.117. The molecule has 1 aliphatic rings. The molecule has 2 aromatic rings. The highest BCUT2D eigenvalue weighted by molar-refractivity contribution is 5.96. The minimum atomic E-state index is -0.292. The maximum atomic E-state index is 12.3. The van der Waals surface area contributed by atoms with E-state index in [9.17, 15) is 9.59 Å². The Morgan fingerprint density at radius 2 is 1.79 bits per heavy atom. The second-order valence-corrected chi connectivity index (χ2v) is 6.56. The van der Waals surface area contributed by atoms with Crippen molar-refractivity contribution in [2.75, 3.05) is 37.0 Å². The number of carbonyl (C=O) groups excluding carboxylic acids is 2. The van der Waals surface area contributed by atoms with E-state index in [1.165, 1.54) is 0 Å². The van der Waals surface area contributed by atoms with E-state index in [2.05, 4.69) is 10.6 Å². The molecule has 0 bridgehead atoms. The van der Waals surface area contributed by atoms with E-state index in [1.54, 1.807) is 24.1 Å². The molecule has 2 aromatic carbocycles. The average Bonchev–Trinajstić information content (AvgIpc) is 3.09. The van der Waals surface area contributed by atoms with Crippen LogP contribution >= 0.6 is 0 Å². The lowest BCUT2D eigenvalue weighted by Crippen LogP contribution is -2.34. The van der Waals surface area contributed by atoms with Gasteiger partial charge in [0.1, 0.15) is 11.5 Å². The van der Waals surface area contributed by atoms with Gasteiger partial charge in [-0.3, -0.25) is 4.79 Å². The Kier molecular flexibility index (Phi) is 6.37. The lowest BCUT2D eigenvalue weighted by Gasteiger charge is -2.17. The van der Waals surface area contributed by atoms with E-state index >= 15 is 0 Å². The summed E-state index contributed by atoms with van der Waals surface area (Å²) in [6, 6.07) is 14.3. The van der Waals surface area contributed by atoms with Gasteiger partial charge in [0.25, 0.3) is 0 Å². The molecule has 2 N–H and O–H groups in total. The van der Waals surface area contributed by atoms with Crippen LogP contribution in [0.1, 0.15) is 13.3 Å². The van der Waals surface area contributed by atoms with E-state index < -0.39 is 0 Å². The molecule has 148 valence electrons. The fraction of sp³-hybridized carbons (Fsp3) is 0.333. The van der Waals surface area contributed by atoms with Crippen LogP contribution in [0.4, 0.5) is 16.2 Å². The molecule has 7 heteroatoms. The Morgan fingerprint density at radius 3 is 2.43 bits per heavy atom. The van der Waals surface area contributed by atoms with Gasteiger partial charge < -0.3 is 25.0 Å². The van der Waals surface area contributed by atoms with Gasteiger partial charge in [0.2, 0.25) is 5.91 Å². The average molecular weight is 383 g/mol. The monoisotopic (exact) mass is 383 g/mol. The first-order valence-corrected chi connectivity index (χ1v) is 9.31. The van der Waals surface area contributed by atoms with Crippen LogP contribution in [0.15, 0.2) is 48.5 Å². The van der Waals surface area contributed by atoms with Crippen molar-refractivity contribution in [1.82, 2.24) is 5.32 Å². The van der Waals surface area contributed by atoms with Crippen LogP contribution in [0.3, 0.4) is 0 Å². The number of hydrogen-bond donors (Lipinski definition) is 2. The molecule has 0 saturated carbocycles. The summed E-state index contributed by atoms with van der Waals surface area (Å²) < 4.78 is 10.5. The van der Waals surface area contributed by atoms with Crippen LogP contribution in [0.25, 0.3) is 0 Å². The van der Waals surface area contributed by atoms with Crippen molar-refractivity contribution >= 4 is 23.3 Å². The smallest absolute Gasteiger partial charge is 0.319 e. The van der Waals surface area contributed by atoms with Crippen molar-refractivity contribution in [2.45, 2.75) is 13.3 Å². The van der Waals surface area contributed by atoms with Gasteiger partial charge >= 0.3 is 6.03 Å². The number of amides is 3. The summed E-state index contributed by atoms with van der Waals surface area (Å²) in [6.07, 6.45) is 0.412. The van der Waals surface area contributed by atoms with Gasteiger partial charge in [-0.1, -0.05) is 0 Å². The van der Waals surface area contributed by atoms with Gasteiger partial charge in [-0.25, -0.2) is 4.79 Å². The molecule has 1 atom stereocenters. The van der Waals surface area contributed by atoms with E-state index in [-0.39, 0.29) is 17.9 Å². The topological polar surface area (TPSA) is 79.9 Å². The molecule has 1 fully saturated rings. The van der Waals surface area contributed by atoms with Crippen molar-refractivity contribution in [1.29, 1.82) is 0 Å². The molecular weight excluding hydrogens is 358 g/mol. The van der Waals surface area contributed by atoms with Crippen LogP contribution in [-0.4, -0.2) is 38.7 Å². The number of nitrogens with zero attached hydrogens (tertiary/aromatic N) is 1. The number of carbonyl (C=O) groups is 2. The predicted octanol–water partition coefficient (Wildman–Crippen LogP) is 3.27. The fourth-order valence-corrected chi connectivity index (χ4v) is 3.14. The van der Waals surface area contributed by atoms with Crippen LogP contribution < -0.4 is 25.0 Å². The summed E-state index contributed by atoms with van der Waals surface area (Å²) in [5.74, 6) is 1.64. The quantitative estimate of drug-likeness (QED) is 0.769. The molecule has 0 unspecified atom stereocenters. The van der Waals surface area contributed by atoms with E-state index in [1.807, 2.05) is 43.3 Å². The second-order valence-electron chi connectivity index (χ2n) is 6.56. The predicted molar refractivity (Wildman–Crippen MR) is 108 cm³/mol. The minimum Gasteiger partial charge on any atom is -0.497 e. The van der Waals surface area contributed by atoms with E-state index in [0.717, 1.165) is 17.2 Å². The Morgan fingerprint density at radius 1 is 1.11 bits per heavy atom. The molecule has 7 nitrogen and oxygen atoms in total. The van der Waals surface area contributed by atoms with Crippen LogP contribution in [-0.2, 0) is 4.79 Å². The highest BCUT2D eigenvalue weighted by atomic mass is 16.5. The SMILES string of the molecule is CCOc1ccc(NC(=O)NC[C@H]2CC(=O)N(c3ccc(OC)cc3)C2)cc1. The van der Waals surface area contributed by atoms with Gasteiger partial charge in [0.15, 0.2) is 0 Å². The van der Waals surface area contributed by atoms with Crippen LogP contribution in [0.5, 0.6) is 11.5 Å². The highest BCUT2D eigenvalue weighted by Gasteiger charge is 2.30. The third-order valence-electron chi connectivity index (χ3n) is 4.56. The number of anilines is 2. The first kappa shape index (κ1) is 19.5. The van der Waals surface area contributed by atoms with Gasteiger partial charge in [-0.05, 0) is 55.5 Å². The first-order valence-electron chi connectivity index (χ1n) is 9.31. The van der Waals surface area contributed by atoms with Crippen LogP contribution in [0, 0.1) is 5.92 Å². The summed E-state index contributed by atoms with van der Waals surface area (Å²) in [5, 5.41) is 5.63. The summed E-state index contributed by atoms with van der Waals surface area (Å²) in [4.78, 5) is 26.2. The van der Waals surface area contributed by atoms with Gasteiger partial charge in [-0.15, -0.1) is 0 Å². The number of rotatable bonds is 7. The molecule has 1 aliphatic heterocycles. The molecule has 0 aromatic heterocycles. The second kappa shape index (κ2) is 9.12. The summed E-state index contributed by atoms with van der Waals surface area (Å²) in [7, 11) is 1.61. The van der Waals surface area contributed by atoms with Gasteiger partial charge in [0.05, 0.1) is 13.7 Å². The number of benzene rings is 2. The third kappa shape index (κ3) is 4.94. The minimum absolute atomic E-state index is 0.0592. The number of urea groups is 1. The van der Waals surface area contributed by atoms with Crippen molar-refractivity contribution in [3.8, 4) is 11.5 Å². The Balaban J connectivity index is 1.47. The Hall–Kier alpha value is -3.22. The van der Waals surface area contributed by atoms with Gasteiger partial charge in [-0.2, -0.15) is 0 Å². The van der Waals surface area contributed by atoms with Crippen LogP contribution in [0.2, 0.25) is 0 Å². The van der Waals surface area contributed by atoms with E-state index in [0.29, 0.717) is 31.8 Å². The molecule has 28 heavy (non-hydrogen) atoms. The molecule has 3 rings (SSSR count). The van der Waals surface area contributed by atoms with Crippen molar-refractivity contribution in [2.24, 2.45) is 5.92 Å². The number of nitrogens with one attached hydrogen (secondary N) is 2. The molecule has 0 spiro atoms.